The molecule has 0 unspecified atom stereocenters. The van der Waals surface area contributed by atoms with E-state index in [4.69, 9.17) is 5.11 Å². The first kappa shape index (κ1) is 10.2. The van der Waals surface area contributed by atoms with Gasteiger partial charge in [-0.3, -0.25) is 0 Å². The fourth-order valence-corrected chi connectivity index (χ4v) is 2.32. The maximum Gasteiger partial charge on any atom is 0.0443 e. The van der Waals surface area contributed by atoms with Crippen LogP contribution in [0.2, 0.25) is 0 Å². The highest BCUT2D eigenvalue weighted by molar-refractivity contribution is 9.10. The molecule has 0 bridgehead atoms. The zero-order chi connectivity index (χ0) is 8.81. The Bertz CT molecular complexity index is 227. The van der Waals surface area contributed by atoms with Gasteiger partial charge in [0.1, 0.15) is 0 Å². The van der Waals surface area contributed by atoms with Gasteiger partial charge in [-0.15, -0.1) is 11.3 Å². The van der Waals surface area contributed by atoms with Crippen LogP contribution in [-0.2, 0) is 6.54 Å². The summed E-state index contributed by atoms with van der Waals surface area (Å²) in [5.74, 6) is 0. The summed E-state index contributed by atoms with van der Waals surface area (Å²) in [4.78, 5) is 1.31. The van der Waals surface area contributed by atoms with Crippen molar-refractivity contribution in [1.29, 1.82) is 0 Å². The third-order valence-corrected chi connectivity index (χ3v) is 3.41. The van der Waals surface area contributed by atoms with E-state index < -0.39 is 0 Å². The summed E-state index contributed by atoms with van der Waals surface area (Å²) in [6.45, 7) is 2.03. The Morgan fingerprint density at radius 1 is 1.58 bits per heavy atom. The molecule has 2 N–H and O–H groups in total. The first-order valence-electron chi connectivity index (χ1n) is 3.88. The van der Waals surface area contributed by atoms with Crippen molar-refractivity contribution < 1.29 is 5.11 Å². The number of nitrogens with one attached hydrogen (secondary N) is 1. The molecule has 0 fully saturated rings. The van der Waals surface area contributed by atoms with Crippen molar-refractivity contribution in [2.75, 3.05) is 13.2 Å². The Hall–Kier alpha value is 0.100. The highest BCUT2D eigenvalue weighted by atomic mass is 79.9. The van der Waals surface area contributed by atoms with E-state index in [1.165, 1.54) is 9.35 Å². The Morgan fingerprint density at radius 2 is 2.42 bits per heavy atom. The van der Waals surface area contributed by atoms with Gasteiger partial charge in [0.25, 0.3) is 0 Å². The van der Waals surface area contributed by atoms with Gasteiger partial charge in [-0.1, -0.05) is 0 Å². The lowest BCUT2D eigenvalue weighted by atomic mass is 10.4. The van der Waals surface area contributed by atoms with Crippen LogP contribution in [0.15, 0.2) is 15.9 Å². The molecule has 12 heavy (non-hydrogen) atoms. The normalized spacial score (nSPS) is 10.5. The van der Waals surface area contributed by atoms with Crippen molar-refractivity contribution in [2.24, 2.45) is 0 Å². The minimum absolute atomic E-state index is 0.263. The van der Waals surface area contributed by atoms with Crippen molar-refractivity contribution in [1.82, 2.24) is 5.32 Å². The molecule has 0 saturated heterocycles. The predicted octanol–water partition coefficient (Wildman–Crippen LogP) is 1.98. The largest absolute Gasteiger partial charge is 0.396 e. The van der Waals surface area contributed by atoms with Gasteiger partial charge < -0.3 is 10.4 Å². The van der Waals surface area contributed by atoms with Gasteiger partial charge in [0.15, 0.2) is 0 Å². The molecule has 1 aromatic rings. The molecule has 1 rings (SSSR count). The van der Waals surface area contributed by atoms with Crippen molar-refractivity contribution in [3.8, 4) is 0 Å². The molecule has 0 aromatic carbocycles. The Kier molecular flexibility index (Phi) is 4.83. The van der Waals surface area contributed by atoms with E-state index in [2.05, 4.69) is 26.6 Å². The maximum atomic E-state index is 8.53. The van der Waals surface area contributed by atoms with Gasteiger partial charge in [-0.05, 0) is 40.3 Å². The van der Waals surface area contributed by atoms with Crippen LogP contribution >= 0.6 is 27.3 Å². The number of hydrogen-bond donors (Lipinski definition) is 2. The summed E-state index contributed by atoms with van der Waals surface area (Å²) < 4.78 is 1.17. The van der Waals surface area contributed by atoms with Crippen LogP contribution in [0.1, 0.15) is 11.3 Å². The predicted molar refractivity (Wildman–Crippen MR) is 55.4 cm³/mol. The molecule has 0 aliphatic rings. The second-order valence-corrected chi connectivity index (χ2v) is 4.30. The minimum atomic E-state index is 0.263. The Labute approximate surface area is 84.7 Å². The molecule has 0 saturated carbocycles. The van der Waals surface area contributed by atoms with E-state index in [1.54, 1.807) is 11.3 Å². The number of halogens is 1. The van der Waals surface area contributed by atoms with Crippen LogP contribution in [0.4, 0.5) is 0 Å². The molecule has 0 aliphatic carbocycles. The fraction of sp³-hybridized carbons (Fsp3) is 0.500. The Balaban J connectivity index is 2.20. The van der Waals surface area contributed by atoms with E-state index in [1.807, 2.05) is 6.07 Å². The smallest absolute Gasteiger partial charge is 0.0443 e. The highest BCUT2D eigenvalue weighted by Crippen LogP contribution is 2.21. The van der Waals surface area contributed by atoms with Crippen LogP contribution in [0.25, 0.3) is 0 Å². The minimum Gasteiger partial charge on any atom is -0.396 e. The van der Waals surface area contributed by atoms with Gasteiger partial charge in [-0.2, -0.15) is 0 Å². The van der Waals surface area contributed by atoms with Crippen LogP contribution < -0.4 is 5.32 Å². The molecular weight excluding hydrogens is 238 g/mol. The average molecular weight is 250 g/mol. The summed E-state index contributed by atoms with van der Waals surface area (Å²) in [6.07, 6.45) is 0.822. The first-order valence-corrected chi connectivity index (χ1v) is 5.55. The first-order chi connectivity index (χ1) is 5.84. The molecular formula is C8H12BrNOS. The van der Waals surface area contributed by atoms with E-state index in [9.17, 15) is 0 Å². The number of aliphatic hydroxyl groups excluding tert-OH is 1. The van der Waals surface area contributed by atoms with Gasteiger partial charge in [0, 0.05) is 22.5 Å². The maximum absolute atomic E-state index is 8.53. The van der Waals surface area contributed by atoms with Gasteiger partial charge in [0.2, 0.25) is 0 Å². The van der Waals surface area contributed by atoms with Crippen molar-refractivity contribution >= 4 is 27.3 Å². The molecule has 1 heterocycles. The third-order valence-electron chi connectivity index (χ3n) is 1.49. The topological polar surface area (TPSA) is 32.3 Å². The van der Waals surface area contributed by atoms with Crippen LogP contribution in [-0.4, -0.2) is 18.3 Å². The van der Waals surface area contributed by atoms with Crippen LogP contribution in [0.5, 0.6) is 0 Å². The SMILES string of the molecule is OCCCNCc1sccc1Br. The lowest BCUT2D eigenvalue weighted by molar-refractivity contribution is 0.286. The molecule has 68 valence electrons. The van der Waals surface area contributed by atoms with Crippen molar-refractivity contribution in [2.45, 2.75) is 13.0 Å². The molecule has 4 heteroatoms. The quantitative estimate of drug-likeness (QED) is 0.783. The van der Waals surface area contributed by atoms with Crippen LogP contribution in [0.3, 0.4) is 0 Å². The molecule has 0 atom stereocenters. The van der Waals surface area contributed by atoms with Crippen molar-refractivity contribution in [3.05, 3.63) is 20.8 Å². The molecule has 2 nitrogen and oxygen atoms in total. The molecule has 0 radical (unpaired) electrons. The summed E-state index contributed by atoms with van der Waals surface area (Å²) in [6, 6.07) is 2.05. The molecule has 0 spiro atoms. The second-order valence-electron chi connectivity index (χ2n) is 2.45. The van der Waals surface area contributed by atoms with E-state index in [0.717, 1.165) is 19.5 Å². The molecule has 0 aliphatic heterocycles. The Morgan fingerprint density at radius 3 is 3.00 bits per heavy atom. The number of aliphatic hydroxyl groups is 1. The average Bonchev–Trinajstić information content (AvgIpc) is 2.46. The summed E-state index contributed by atoms with van der Waals surface area (Å²) >= 11 is 5.19. The van der Waals surface area contributed by atoms with Gasteiger partial charge in [-0.25, -0.2) is 0 Å². The zero-order valence-electron chi connectivity index (χ0n) is 6.72. The number of thiophene rings is 1. The summed E-state index contributed by atoms with van der Waals surface area (Å²) in [5.41, 5.74) is 0. The monoisotopic (exact) mass is 249 g/mol. The lowest BCUT2D eigenvalue weighted by Gasteiger charge is -2.01. The van der Waals surface area contributed by atoms with E-state index in [0.29, 0.717) is 0 Å². The molecule has 1 aromatic heterocycles. The third kappa shape index (κ3) is 3.23. The number of hydrogen-bond acceptors (Lipinski definition) is 3. The zero-order valence-corrected chi connectivity index (χ0v) is 9.12. The fourth-order valence-electron chi connectivity index (χ4n) is 0.857. The lowest BCUT2D eigenvalue weighted by Crippen LogP contribution is -2.15. The standard InChI is InChI=1S/C8H12BrNOS/c9-7-2-5-12-8(7)6-10-3-1-4-11/h2,5,10-11H,1,3-4,6H2. The number of rotatable bonds is 5. The summed E-state index contributed by atoms with van der Waals surface area (Å²) in [5, 5.41) is 13.8. The second kappa shape index (κ2) is 5.70. The van der Waals surface area contributed by atoms with Crippen molar-refractivity contribution in [3.63, 3.8) is 0 Å². The molecule has 0 amide bonds. The van der Waals surface area contributed by atoms with Crippen LogP contribution in [0, 0.1) is 0 Å². The van der Waals surface area contributed by atoms with E-state index >= 15 is 0 Å². The van der Waals surface area contributed by atoms with Gasteiger partial charge >= 0.3 is 0 Å². The van der Waals surface area contributed by atoms with E-state index in [-0.39, 0.29) is 6.61 Å². The highest BCUT2D eigenvalue weighted by Gasteiger charge is 1.98. The summed E-state index contributed by atoms with van der Waals surface area (Å²) in [7, 11) is 0. The van der Waals surface area contributed by atoms with Gasteiger partial charge in [0.05, 0.1) is 0 Å².